The van der Waals surface area contributed by atoms with E-state index in [-0.39, 0.29) is 6.04 Å². The van der Waals surface area contributed by atoms with E-state index in [0.717, 1.165) is 5.56 Å². The van der Waals surface area contributed by atoms with Gasteiger partial charge in [0.1, 0.15) is 5.75 Å². The number of halogens is 1. The monoisotopic (exact) mass is 321 g/mol. The van der Waals surface area contributed by atoms with Gasteiger partial charge < -0.3 is 10.5 Å². The second kappa shape index (κ2) is 6.39. The lowest BCUT2D eigenvalue weighted by atomic mass is 10.0. The van der Waals surface area contributed by atoms with E-state index in [1.807, 2.05) is 29.5 Å². The molecule has 1 aliphatic rings. The first-order valence-corrected chi connectivity index (χ1v) is 8.59. The maximum absolute atomic E-state index is 6.44. The highest BCUT2D eigenvalue weighted by atomic mass is 35.5. The Hall–Kier alpha value is -1.03. The van der Waals surface area contributed by atoms with Crippen LogP contribution in [0.5, 0.6) is 5.75 Å². The number of hydrogen-bond acceptors (Lipinski definition) is 3. The largest absolute Gasteiger partial charge is 0.495 e. The fraction of sp³-hybridized carbons (Fsp3) is 0.412. The highest BCUT2D eigenvalue weighted by molar-refractivity contribution is 7.12. The molecule has 1 aromatic heterocycles. The van der Waals surface area contributed by atoms with Gasteiger partial charge in [-0.05, 0) is 55.0 Å². The first-order chi connectivity index (χ1) is 10.2. The van der Waals surface area contributed by atoms with Gasteiger partial charge in [0.05, 0.1) is 18.2 Å². The van der Waals surface area contributed by atoms with Crippen LogP contribution < -0.4 is 10.5 Å². The number of ether oxygens (including phenoxy) is 1. The summed E-state index contributed by atoms with van der Waals surface area (Å²) in [6.45, 7) is 0. The molecule has 2 aromatic rings. The summed E-state index contributed by atoms with van der Waals surface area (Å²) < 4.78 is 5.20. The van der Waals surface area contributed by atoms with E-state index in [4.69, 9.17) is 22.1 Å². The summed E-state index contributed by atoms with van der Waals surface area (Å²) in [4.78, 5) is 2.76. The van der Waals surface area contributed by atoms with E-state index in [1.54, 1.807) is 7.11 Å². The number of rotatable bonds is 3. The SMILES string of the molecule is COc1ccc(C(N)c2cc3c(s2)CCCCC3)cc1Cl. The van der Waals surface area contributed by atoms with Gasteiger partial charge in [0, 0.05) is 9.75 Å². The molecule has 21 heavy (non-hydrogen) atoms. The average Bonchev–Trinajstić information content (AvgIpc) is 2.77. The minimum atomic E-state index is -0.106. The molecule has 0 amide bonds. The van der Waals surface area contributed by atoms with Crippen LogP contribution in [0.4, 0.5) is 0 Å². The third kappa shape index (κ3) is 3.10. The maximum Gasteiger partial charge on any atom is 0.137 e. The summed E-state index contributed by atoms with van der Waals surface area (Å²) >= 11 is 8.07. The summed E-state index contributed by atoms with van der Waals surface area (Å²) in [7, 11) is 1.62. The minimum Gasteiger partial charge on any atom is -0.495 e. The fourth-order valence-electron chi connectivity index (χ4n) is 2.88. The molecule has 0 bridgehead atoms. The Kier molecular flexibility index (Phi) is 4.53. The second-order valence-corrected chi connectivity index (χ2v) is 7.11. The molecule has 0 aliphatic heterocycles. The average molecular weight is 322 g/mol. The first kappa shape index (κ1) is 14.9. The Morgan fingerprint density at radius 2 is 2.00 bits per heavy atom. The summed E-state index contributed by atoms with van der Waals surface area (Å²) in [5, 5.41) is 0.614. The zero-order chi connectivity index (χ0) is 14.8. The summed E-state index contributed by atoms with van der Waals surface area (Å²) in [5.41, 5.74) is 8.98. The standard InChI is InChI=1S/C17H20ClNOS/c1-20-14-8-7-12(9-13(14)18)17(19)16-10-11-5-3-2-4-6-15(11)21-16/h7-10,17H,2-6,19H2,1H3. The third-order valence-electron chi connectivity index (χ3n) is 4.11. The van der Waals surface area contributed by atoms with Crippen LogP contribution in [0, 0.1) is 0 Å². The smallest absolute Gasteiger partial charge is 0.137 e. The van der Waals surface area contributed by atoms with Crippen LogP contribution in [0.1, 0.15) is 46.2 Å². The van der Waals surface area contributed by atoms with Crippen molar-refractivity contribution in [3.63, 3.8) is 0 Å². The molecule has 0 saturated carbocycles. The maximum atomic E-state index is 6.44. The molecule has 3 rings (SSSR count). The molecule has 4 heteroatoms. The number of hydrogen-bond donors (Lipinski definition) is 1. The van der Waals surface area contributed by atoms with E-state index < -0.39 is 0 Å². The van der Waals surface area contributed by atoms with Gasteiger partial charge in [-0.1, -0.05) is 24.1 Å². The van der Waals surface area contributed by atoms with Crippen LogP contribution in [-0.2, 0) is 12.8 Å². The normalized spacial score (nSPS) is 16.1. The van der Waals surface area contributed by atoms with Crippen molar-refractivity contribution in [1.82, 2.24) is 0 Å². The van der Waals surface area contributed by atoms with Crippen molar-refractivity contribution < 1.29 is 4.74 Å². The number of nitrogens with two attached hydrogens (primary N) is 1. The molecule has 0 radical (unpaired) electrons. The van der Waals surface area contributed by atoms with Gasteiger partial charge >= 0.3 is 0 Å². The van der Waals surface area contributed by atoms with Crippen LogP contribution in [0.25, 0.3) is 0 Å². The Morgan fingerprint density at radius 3 is 2.76 bits per heavy atom. The van der Waals surface area contributed by atoms with Crippen molar-refractivity contribution in [2.45, 2.75) is 38.1 Å². The quantitative estimate of drug-likeness (QED) is 0.830. The van der Waals surface area contributed by atoms with E-state index in [9.17, 15) is 0 Å². The van der Waals surface area contributed by atoms with Gasteiger partial charge in [-0.25, -0.2) is 0 Å². The zero-order valence-corrected chi connectivity index (χ0v) is 13.8. The lowest BCUT2D eigenvalue weighted by Gasteiger charge is -2.12. The molecule has 2 N–H and O–H groups in total. The van der Waals surface area contributed by atoms with Crippen LogP contribution >= 0.6 is 22.9 Å². The summed E-state index contributed by atoms with van der Waals surface area (Å²) in [5.74, 6) is 0.689. The van der Waals surface area contributed by atoms with Crippen LogP contribution in [0.2, 0.25) is 5.02 Å². The highest BCUT2D eigenvalue weighted by Crippen LogP contribution is 2.35. The predicted molar refractivity (Wildman–Crippen MR) is 89.6 cm³/mol. The molecular formula is C17H20ClNOS. The topological polar surface area (TPSA) is 35.2 Å². The van der Waals surface area contributed by atoms with Crippen molar-refractivity contribution in [2.75, 3.05) is 7.11 Å². The number of methoxy groups -OCH3 is 1. The molecule has 2 nitrogen and oxygen atoms in total. The molecule has 1 atom stereocenters. The molecule has 1 aromatic carbocycles. The van der Waals surface area contributed by atoms with E-state index in [0.29, 0.717) is 10.8 Å². The van der Waals surface area contributed by atoms with Gasteiger partial charge in [-0.3, -0.25) is 0 Å². The molecule has 112 valence electrons. The molecule has 0 fully saturated rings. The Balaban J connectivity index is 1.88. The number of fused-ring (bicyclic) bond motifs is 1. The fourth-order valence-corrected chi connectivity index (χ4v) is 4.44. The van der Waals surface area contributed by atoms with Gasteiger partial charge in [0.15, 0.2) is 0 Å². The van der Waals surface area contributed by atoms with Crippen molar-refractivity contribution in [2.24, 2.45) is 5.73 Å². The minimum absolute atomic E-state index is 0.106. The molecule has 0 spiro atoms. The molecular weight excluding hydrogens is 302 g/mol. The number of benzene rings is 1. The summed E-state index contributed by atoms with van der Waals surface area (Å²) in [6, 6.07) is 7.99. The van der Waals surface area contributed by atoms with E-state index in [2.05, 4.69) is 6.07 Å². The Labute approximate surface area is 134 Å². The Bertz CT molecular complexity index is 614. The molecule has 1 unspecified atom stereocenters. The highest BCUT2D eigenvalue weighted by Gasteiger charge is 2.18. The third-order valence-corrected chi connectivity index (χ3v) is 5.72. The Morgan fingerprint density at radius 1 is 1.19 bits per heavy atom. The van der Waals surface area contributed by atoms with Gasteiger partial charge in [0.2, 0.25) is 0 Å². The van der Waals surface area contributed by atoms with Crippen LogP contribution in [0.3, 0.4) is 0 Å². The van der Waals surface area contributed by atoms with Crippen molar-refractivity contribution in [3.05, 3.63) is 50.2 Å². The lowest BCUT2D eigenvalue weighted by Crippen LogP contribution is -2.10. The molecule has 1 heterocycles. The second-order valence-electron chi connectivity index (χ2n) is 5.53. The van der Waals surface area contributed by atoms with E-state index >= 15 is 0 Å². The van der Waals surface area contributed by atoms with Gasteiger partial charge in [-0.15, -0.1) is 11.3 Å². The van der Waals surface area contributed by atoms with Gasteiger partial charge in [-0.2, -0.15) is 0 Å². The van der Waals surface area contributed by atoms with Crippen molar-refractivity contribution >= 4 is 22.9 Å². The van der Waals surface area contributed by atoms with Crippen LogP contribution in [0.15, 0.2) is 24.3 Å². The molecule has 0 saturated heterocycles. The van der Waals surface area contributed by atoms with Crippen molar-refractivity contribution in [3.8, 4) is 5.75 Å². The zero-order valence-electron chi connectivity index (χ0n) is 12.2. The lowest BCUT2D eigenvalue weighted by molar-refractivity contribution is 0.415. The summed E-state index contributed by atoms with van der Waals surface area (Å²) in [6.07, 6.45) is 6.35. The first-order valence-electron chi connectivity index (χ1n) is 7.39. The van der Waals surface area contributed by atoms with Crippen LogP contribution in [-0.4, -0.2) is 7.11 Å². The number of aryl methyl sites for hydroxylation is 2. The van der Waals surface area contributed by atoms with Gasteiger partial charge in [0.25, 0.3) is 0 Å². The van der Waals surface area contributed by atoms with E-state index in [1.165, 1.54) is 47.4 Å². The van der Waals surface area contributed by atoms with Crippen molar-refractivity contribution in [1.29, 1.82) is 0 Å². The predicted octanol–water partition coefficient (Wildman–Crippen LogP) is 4.73. The number of thiophene rings is 1. The molecule has 1 aliphatic carbocycles.